The number of aromatic nitrogens is 1. The van der Waals surface area contributed by atoms with Crippen molar-refractivity contribution in [3.05, 3.63) is 29.6 Å². The highest BCUT2D eigenvalue weighted by Crippen LogP contribution is 2.28. The molecule has 3 heteroatoms. The number of aryl methyl sites for hydroxylation is 1. The van der Waals surface area contributed by atoms with E-state index in [1.807, 2.05) is 12.3 Å². The molecule has 0 saturated carbocycles. The number of carbonyl (C=O) groups excluding carboxylic acids is 1. The van der Waals surface area contributed by atoms with Gasteiger partial charge in [-0.2, -0.15) is 0 Å². The van der Waals surface area contributed by atoms with Crippen molar-refractivity contribution in [1.29, 1.82) is 0 Å². The van der Waals surface area contributed by atoms with Crippen molar-refractivity contribution in [2.75, 3.05) is 0 Å². The summed E-state index contributed by atoms with van der Waals surface area (Å²) in [7, 11) is 0. The summed E-state index contributed by atoms with van der Waals surface area (Å²) < 4.78 is 0. The highest BCUT2D eigenvalue weighted by atomic mass is 16.1. The number of hydrogen-bond acceptors (Lipinski definition) is 2. The Morgan fingerprint density at radius 2 is 2.50 bits per heavy atom. The molecule has 0 saturated heterocycles. The maximum Gasteiger partial charge on any atom is 0.217 e. The van der Waals surface area contributed by atoms with Gasteiger partial charge in [0.1, 0.15) is 0 Å². The van der Waals surface area contributed by atoms with E-state index in [9.17, 15) is 4.79 Å². The number of rotatable bonds is 1. The molecular formula is C11H14N2O. The SMILES string of the molecule is CC(=O)NC1CCCc2cnccc21. The van der Waals surface area contributed by atoms with Crippen molar-refractivity contribution in [3.63, 3.8) is 0 Å². The highest BCUT2D eigenvalue weighted by molar-refractivity contribution is 5.73. The lowest BCUT2D eigenvalue weighted by molar-refractivity contribution is -0.119. The molecular weight excluding hydrogens is 176 g/mol. The molecule has 3 nitrogen and oxygen atoms in total. The molecule has 0 aromatic carbocycles. The summed E-state index contributed by atoms with van der Waals surface area (Å²) in [5.74, 6) is 0.0414. The van der Waals surface area contributed by atoms with Gasteiger partial charge >= 0.3 is 0 Å². The van der Waals surface area contributed by atoms with E-state index in [0.717, 1.165) is 19.3 Å². The minimum atomic E-state index is 0.0414. The van der Waals surface area contributed by atoms with Gasteiger partial charge in [-0.1, -0.05) is 0 Å². The van der Waals surface area contributed by atoms with Crippen LogP contribution in [0.15, 0.2) is 18.5 Å². The number of amides is 1. The molecule has 2 rings (SSSR count). The van der Waals surface area contributed by atoms with E-state index < -0.39 is 0 Å². The molecule has 0 aliphatic heterocycles. The second-order valence-electron chi connectivity index (χ2n) is 3.72. The third-order valence-corrected chi connectivity index (χ3v) is 2.63. The average Bonchev–Trinajstić information content (AvgIpc) is 2.18. The Hall–Kier alpha value is -1.38. The predicted molar refractivity (Wildman–Crippen MR) is 53.7 cm³/mol. The summed E-state index contributed by atoms with van der Waals surface area (Å²) in [5.41, 5.74) is 2.51. The lowest BCUT2D eigenvalue weighted by Gasteiger charge is -2.25. The van der Waals surface area contributed by atoms with Gasteiger partial charge in [0.25, 0.3) is 0 Å². The van der Waals surface area contributed by atoms with Gasteiger partial charge < -0.3 is 5.32 Å². The number of hydrogen-bond donors (Lipinski definition) is 1. The number of carbonyl (C=O) groups is 1. The molecule has 14 heavy (non-hydrogen) atoms. The Balaban J connectivity index is 2.26. The van der Waals surface area contributed by atoms with E-state index in [4.69, 9.17) is 0 Å². The maximum absolute atomic E-state index is 11.0. The van der Waals surface area contributed by atoms with Crippen molar-refractivity contribution in [2.24, 2.45) is 0 Å². The van der Waals surface area contributed by atoms with Crippen LogP contribution in [0.25, 0.3) is 0 Å². The average molecular weight is 190 g/mol. The predicted octanol–water partition coefficient (Wildman–Crippen LogP) is 1.60. The molecule has 1 heterocycles. The molecule has 0 spiro atoms. The van der Waals surface area contributed by atoms with Gasteiger partial charge in [-0.25, -0.2) is 0 Å². The van der Waals surface area contributed by atoms with Crippen LogP contribution in [-0.2, 0) is 11.2 Å². The van der Waals surface area contributed by atoms with Crippen molar-refractivity contribution in [1.82, 2.24) is 10.3 Å². The van der Waals surface area contributed by atoms with Gasteiger partial charge in [0.15, 0.2) is 0 Å². The van der Waals surface area contributed by atoms with Crippen molar-refractivity contribution < 1.29 is 4.79 Å². The smallest absolute Gasteiger partial charge is 0.217 e. The topological polar surface area (TPSA) is 42.0 Å². The second-order valence-corrected chi connectivity index (χ2v) is 3.72. The summed E-state index contributed by atoms with van der Waals surface area (Å²) in [6, 6.07) is 2.20. The van der Waals surface area contributed by atoms with Crippen LogP contribution < -0.4 is 5.32 Å². The molecule has 1 aromatic heterocycles. The van der Waals surface area contributed by atoms with Crippen molar-refractivity contribution in [2.45, 2.75) is 32.2 Å². The Labute approximate surface area is 83.5 Å². The van der Waals surface area contributed by atoms with Crippen LogP contribution in [-0.4, -0.2) is 10.9 Å². The first-order valence-corrected chi connectivity index (χ1v) is 4.97. The zero-order valence-corrected chi connectivity index (χ0v) is 8.29. The fourth-order valence-corrected chi connectivity index (χ4v) is 2.03. The molecule has 1 aliphatic carbocycles. The molecule has 1 aliphatic rings. The van der Waals surface area contributed by atoms with E-state index in [0.29, 0.717) is 0 Å². The van der Waals surface area contributed by atoms with Crippen LogP contribution in [0.4, 0.5) is 0 Å². The van der Waals surface area contributed by atoms with E-state index in [-0.39, 0.29) is 11.9 Å². The van der Waals surface area contributed by atoms with Crippen molar-refractivity contribution >= 4 is 5.91 Å². The van der Waals surface area contributed by atoms with E-state index in [1.165, 1.54) is 11.1 Å². The number of nitrogens with one attached hydrogen (secondary N) is 1. The standard InChI is InChI=1S/C11H14N2O/c1-8(14)13-11-4-2-3-9-7-12-6-5-10(9)11/h5-7,11H,2-4H2,1H3,(H,13,14). The molecule has 0 radical (unpaired) electrons. The quantitative estimate of drug-likeness (QED) is 0.730. The lowest BCUT2D eigenvalue weighted by Crippen LogP contribution is -2.28. The van der Waals surface area contributed by atoms with Gasteiger partial charge in [-0.05, 0) is 36.5 Å². The largest absolute Gasteiger partial charge is 0.350 e. The van der Waals surface area contributed by atoms with Crippen LogP contribution in [0.1, 0.15) is 36.9 Å². The summed E-state index contributed by atoms with van der Waals surface area (Å²) in [6.45, 7) is 1.56. The molecule has 1 atom stereocenters. The van der Waals surface area contributed by atoms with Crippen LogP contribution in [0.3, 0.4) is 0 Å². The molecule has 74 valence electrons. The lowest BCUT2D eigenvalue weighted by atomic mass is 9.89. The van der Waals surface area contributed by atoms with E-state index in [1.54, 1.807) is 13.1 Å². The van der Waals surface area contributed by atoms with Gasteiger partial charge in [0, 0.05) is 19.3 Å². The fraction of sp³-hybridized carbons (Fsp3) is 0.455. The first-order valence-electron chi connectivity index (χ1n) is 4.97. The molecule has 1 aromatic rings. The molecule has 1 N–H and O–H groups in total. The van der Waals surface area contributed by atoms with Crippen LogP contribution in [0.5, 0.6) is 0 Å². The number of fused-ring (bicyclic) bond motifs is 1. The summed E-state index contributed by atoms with van der Waals surface area (Å²) in [4.78, 5) is 15.1. The number of nitrogens with zero attached hydrogens (tertiary/aromatic N) is 1. The first kappa shape index (κ1) is 9.19. The monoisotopic (exact) mass is 190 g/mol. The highest BCUT2D eigenvalue weighted by Gasteiger charge is 2.20. The van der Waals surface area contributed by atoms with Crippen LogP contribution in [0.2, 0.25) is 0 Å². The Kier molecular flexibility index (Phi) is 2.48. The Bertz CT molecular complexity index is 349. The fourth-order valence-electron chi connectivity index (χ4n) is 2.03. The van der Waals surface area contributed by atoms with Gasteiger partial charge in [0.05, 0.1) is 6.04 Å². The normalized spacial score (nSPS) is 19.9. The van der Waals surface area contributed by atoms with Crippen LogP contribution >= 0.6 is 0 Å². The first-order chi connectivity index (χ1) is 6.77. The zero-order chi connectivity index (χ0) is 9.97. The maximum atomic E-state index is 11.0. The minimum absolute atomic E-state index is 0.0414. The third-order valence-electron chi connectivity index (χ3n) is 2.63. The molecule has 1 amide bonds. The molecule has 0 fully saturated rings. The second kappa shape index (κ2) is 3.78. The van der Waals surface area contributed by atoms with Gasteiger partial charge in [-0.15, -0.1) is 0 Å². The van der Waals surface area contributed by atoms with E-state index >= 15 is 0 Å². The van der Waals surface area contributed by atoms with Gasteiger partial charge in [-0.3, -0.25) is 9.78 Å². The summed E-state index contributed by atoms with van der Waals surface area (Å²) >= 11 is 0. The summed E-state index contributed by atoms with van der Waals surface area (Å²) in [5, 5.41) is 2.97. The number of pyridine rings is 1. The Morgan fingerprint density at radius 1 is 1.64 bits per heavy atom. The van der Waals surface area contributed by atoms with E-state index in [2.05, 4.69) is 10.3 Å². The van der Waals surface area contributed by atoms with Crippen LogP contribution in [0, 0.1) is 0 Å². The zero-order valence-electron chi connectivity index (χ0n) is 8.29. The molecule has 1 unspecified atom stereocenters. The van der Waals surface area contributed by atoms with Crippen molar-refractivity contribution in [3.8, 4) is 0 Å². The molecule has 0 bridgehead atoms. The van der Waals surface area contributed by atoms with Gasteiger partial charge in [0.2, 0.25) is 5.91 Å². The summed E-state index contributed by atoms with van der Waals surface area (Å²) in [6.07, 6.45) is 6.95. The minimum Gasteiger partial charge on any atom is -0.350 e. The third kappa shape index (κ3) is 1.76. The Morgan fingerprint density at radius 3 is 3.29 bits per heavy atom.